The Labute approximate surface area is 178 Å². The molecule has 1 atom stereocenters. The van der Waals surface area contributed by atoms with E-state index in [2.05, 4.69) is 25.5 Å². The standard InChI is InChI=1S/C22H29NO4S2/c1-5-22(2,3)18-11-13-19(14-12-18)29(25,26)23-20(21(24)27-4)16-28-15-17-9-7-6-8-10-17/h6-14,20,23H,5,15-16H2,1-4H3/t20-/m0/s1. The molecule has 5 nitrogen and oxygen atoms in total. The van der Waals surface area contributed by atoms with E-state index in [9.17, 15) is 13.2 Å². The van der Waals surface area contributed by atoms with Crippen molar-refractivity contribution in [2.24, 2.45) is 0 Å². The molecule has 0 amide bonds. The SMILES string of the molecule is CCC(C)(C)c1ccc(S(=O)(=O)N[C@@H](CSCc2ccccc2)C(=O)OC)cc1. The topological polar surface area (TPSA) is 72.5 Å². The van der Waals surface area contributed by atoms with Crippen molar-refractivity contribution in [3.8, 4) is 0 Å². The molecule has 0 saturated heterocycles. The highest BCUT2D eigenvalue weighted by atomic mass is 32.2. The summed E-state index contributed by atoms with van der Waals surface area (Å²) < 4.78 is 32.9. The lowest BCUT2D eigenvalue weighted by Crippen LogP contribution is -2.43. The maximum absolute atomic E-state index is 12.8. The molecule has 1 N–H and O–H groups in total. The predicted molar refractivity (Wildman–Crippen MR) is 118 cm³/mol. The molecule has 0 heterocycles. The van der Waals surface area contributed by atoms with Gasteiger partial charge in [-0.05, 0) is 35.1 Å². The monoisotopic (exact) mass is 435 g/mol. The number of sulfonamides is 1. The van der Waals surface area contributed by atoms with Gasteiger partial charge >= 0.3 is 5.97 Å². The van der Waals surface area contributed by atoms with Crippen LogP contribution in [0, 0.1) is 0 Å². The van der Waals surface area contributed by atoms with Crippen LogP contribution in [0.25, 0.3) is 0 Å². The highest BCUT2D eigenvalue weighted by molar-refractivity contribution is 7.98. The fourth-order valence-corrected chi connectivity index (χ4v) is 5.00. The Morgan fingerprint density at radius 2 is 1.72 bits per heavy atom. The second-order valence-corrected chi connectivity index (χ2v) is 10.2. The number of rotatable bonds is 10. The van der Waals surface area contributed by atoms with Crippen LogP contribution in [0.1, 0.15) is 38.3 Å². The van der Waals surface area contributed by atoms with Gasteiger partial charge in [0.2, 0.25) is 10.0 Å². The van der Waals surface area contributed by atoms with Crippen LogP contribution >= 0.6 is 11.8 Å². The van der Waals surface area contributed by atoms with E-state index in [0.717, 1.165) is 17.5 Å². The van der Waals surface area contributed by atoms with E-state index >= 15 is 0 Å². The molecule has 0 fully saturated rings. The molecule has 2 aromatic carbocycles. The van der Waals surface area contributed by atoms with Crippen molar-refractivity contribution in [2.45, 2.75) is 49.3 Å². The van der Waals surface area contributed by atoms with Gasteiger partial charge in [-0.1, -0.05) is 63.2 Å². The number of benzene rings is 2. The Balaban J connectivity index is 2.09. The van der Waals surface area contributed by atoms with Gasteiger partial charge in [0.25, 0.3) is 0 Å². The van der Waals surface area contributed by atoms with Crippen LogP contribution < -0.4 is 4.72 Å². The van der Waals surface area contributed by atoms with Gasteiger partial charge in [0.05, 0.1) is 12.0 Å². The summed E-state index contributed by atoms with van der Waals surface area (Å²) in [5, 5.41) is 0. The van der Waals surface area contributed by atoms with Crippen LogP contribution in [0.5, 0.6) is 0 Å². The zero-order valence-corrected chi connectivity index (χ0v) is 19.0. The average molecular weight is 436 g/mol. The van der Waals surface area contributed by atoms with Crippen molar-refractivity contribution in [2.75, 3.05) is 12.9 Å². The van der Waals surface area contributed by atoms with Gasteiger partial charge in [-0.2, -0.15) is 16.5 Å². The number of hydrogen-bond donors (Lipinski definition) is 1. The zero-order chi connectivity index (χ0) is 21.5. The minimum atomic E-state index is -3.84. The number of ether oxygens (including phenoxy) is 1. The van der Waals surface area contributed by atoms with Crippen LogP contribution in [-0.4, -0.2) is 33.3 Å². The third-order valence-electron chi connectivity index (χ3n) is 5.01. The molecule has 0 bridgehead atoms. The summed E-state index contributed by atoms with van der Waals surface area (Å²) in [6.07, 6.45) is 0.945. The fraction of sp³-hybridized carbons (Fsp3) is 0.409. The lowest BCUT2D eigenvalue weighted by atomic mass is 9.82. The second-order valence-electron chi connectivity index (χ2n) is 7.46. The Kier molecular flexibility index (Phi) is 8.31. The Bertz CT molecular complexity index is 894. The molecule has 0 aliphatic carbocycles. The van der Waals surface area contributed by atoms with Gasteiger partial charge in [-0.3, -0.25) is 4.79 Å². The van der Waals surface area contributed by atoms with Crippen molar-refractivity contribution in [1.29, 1.82) is 0 Å². The lowest BCUT2D eigenvalue weighted by Gasteiger charge is -2.23. The summed E-state index contributed by atoms with van der Waals surface area (Å²) >= 11 is 1.48. The third-order valence-corrected chi connectivity index (χ3v) is 7.60. The maximum atomic E-state index is 12.8. The molecule has 0 unspecified atom stereocenters. The third kappa shape index (κ3) is 6.59. The minimum Gasteiger partial charge on any atom is -0.468 e. The second kappa shape index (κ2) is 10.3. The van der Waals surface area contributed by atoms with Crippen LogP contribution in [0.4, 0.5) is 0 Å². The molecule has 0 saturated carbocycles. The first kappa shape index (κ1) is 23.4. The molecule has 2 rings (SSSR count). The highest BCUT2D eigenvalue weighted by Crippen LogP contribution is 2.27. The summed E-state index contributed by atoms with van der Waals surface area (Å²) in [5.41, 5.74) is 2.15. The lowest BCUT2D eigenvalue weighted by molar-refractivity contribution is -0.141. The van der Waals surface area contributed by atoms with Gasteiger partial charge in [-0.25, -0.2) is 8.42 Å². The Morgan fingerprint density at radius 1 is 1.10 bits per heavy atom. The fourth-order valence-electron chi connectivity index (χ4n) is 2.71. The molecule has 0 radical (unpaired) electrons. The van der Waals surface area contributed by atoms with Crippen molar-refractivity contribution in [3.05, 3.63) is 65.7 Å². The quantitative estimate of drug-likeness (QED) is 0.568. The van der Waals surface area contributed by atoms with Crippen LogP contribution in [-0.2, 0) is 30.7 Å². The summed E-state index contributed by atoms with van der Waals surface area (Å²) in [6.45, 7) is 6.33. The molecule has 0 spiro atoms. The first-order chi connectivity index (χ1) is 13.7. The molecule has 0 aliphatic rings. The van der Waals surface area contributed by atoms with E-state index in [1.54, 1.807) is 12.1 Å². The van der Waals surface area contributed by atoms with E-state index < -0.39 is 22.0 Å². The van der Waals surface area contributed by atoms with E-state index in [0.29, 0.717) is 5.75 Å². The van der Waals surface area contributed by atoms with E-state index in [1.807, 2.05) is 42.5 Å². The number of methoxy groups -OCH3 is 1. The summed E-state index contributed by atoms with van der Waals surface area (Å²) in [7, 11) is -2.59. The predicted octanol–water partition coefficient (Wildman–Crippen LogP) is 4.13. The number of carbonyl (C=O) groups excluding carboxylic acids is 1. The molecule has 158 valence electrons. The van der Waals surface area contributed by atoms with Crippen LogP contribution in [0.15, 0.2) is 59.5 Å². The van der Waals surface area contributed by atoms with Crippen molar-refractivity contribution >= 4 is 27.8 Å². The van der Waals surface area contributed by atoms with Gasteiger partial charge in [0, 0.05) is 11.5 Å². The number of thioether (sulfide) groups is 1. The molecule has 0 aromatic heterocycles. The first-order valence-electron chi connectivity index (χ1n) is 9.52. The van der Waals surface area contributed by atoms with Crippen molar-refractivity contribution in [1.82, 2.24) is 4.72 Å². The van der Waals surface area contributed by atoms with Crippen molar-refractivity contribution in [3.63, 3.8) is 0 Å². The first-order valence-corrected chi connectivity index (χ1v) is 12.2. The summed E-state index contributed by atoms with van der Waals surface area (Å²) in [4.78, 5) is 12.3. The minimum absolute atomic E-state index is 0.0294. The molecule has 7 heteroatoms. The van der Waals surface area contributed by atoms with Gasteiger partial charge in [0.15, 0.2) is 0 Å². The highest BCUT2D eigenvalue weighted by Gasteiger charge is 2.27. The smallest absolute Gasteiger partial charge is 0.324 e. The normalized spacial score (nSPS) is 13.1. The molecule has 0 aliphatic heterocycles. The van der Waals surface area contributed by atoms with Crippen LogP contribution in [0.3, 0.4) is 0 Å². The molecular weight excluding hydrogens is 406 g/mol. The number of carbonyl (C=O) groups is 1. The molecule has 29 heavy (non-hydrogen) atoms. The van der Waals surface area contributed by atoms with Crippen molar-refractivity contribution < 1.29 is 17.9 Å². The number of hydrogen-bond acceptors (Lipinski definition) is 5. The molecular formula is C22H29NO4S2. The van der Waals surface area contributed by atoms with Crippen LogP contribution in [0.2, 0.25) is 0 Å². The number of esters is 1. The Hall–Kier alpha value is -1.83. The van der Waals surface area contributed by atoms with Gasteiger partial charge in [-0.15, -0.1) is 0 Å². The summed E-state index contributed by atoms with van der Waals surface area (Å²) in [5.74, 6) is 0.358. The number of nitrogens with one attached hydrogen (secondary N) is 1. The molecule has 2 aromatic rings. The van der Waals surface area contributed by atoms with E-state index in [4.69, 9.17) is 4.74 Å². The van der Waals surface area contributed by atoms with E-state index in [1.165, 1.54) is 18.9 Å². The average Bonchev–Trinajstić information content (AvgIpc) is 2.73. The van der Waals surface area contributed by atoms with Gasteiger partial charge in [0.1, 0.15) is 6.04 Å². The summed E-state index contributed by atoms with van der Waals surface area (Å²) in [6, 6.07) is 15.7. The van der Waals surface area contributed by atoms with E-state index in [-0.39, 0.29) is 16.1 Å². The largest absolute Gasteiger partial charge is 0.468 e. The zero-order valence-electron chi connectivity index (χ0n) is 17.3. The Morgan fingerprint density at radius 3 is 2.28 bits per heavy atom. The maximum Gasteiger partial charge on any atom is 0.324 e. The van der Waals surface area contributed by atoms with Gasteiger partial charge < -0.3 is 4.74 Å².